The van der Waals surface area contributed by atoms with E-state index in [1.54, 1.807) is 29.4 Å². The summed E-state index contributed by atoms with van der Waals surface area (Å²) in [7, 11) is -1.12. The van der Waals surface area contributed by atoms with Crippen LogP contribution < -0.4 is 4.90 Å². The minimum Gasteiger partial charge on any atom is -0.386 e. The number of hydrogen-bond acceptors (Lipinski definition) is 7. The summed E-state index contributed by atoms with van der Waals surface area (Å²) < 4.78 is 14.9. The van der Waals surface area contributed by atoms with Crippen LogP contribution >= 0.6 is 0 Å². The summed E-state index contributed by atoms with van der Waals surface area (Å²) in [5.74, 6) is 1.48. The summed E-state index contributed by atoms with van der Waals surface area (Å²) in [6, 6.07) is 5.20. The highest BCUT2D eigenvalue weighted by Gasteiger charge is 2.27. The smallest absolute Gasteiger partial charge is 0.177 e. The Morgan fingerprint density at radius 2 is 2.06 bits per heavy atom. The van der Waals surface area contributed by atoms with Gasteiger partial charge in [-0.25, -0.2) is 9.67 Å². The van der Waals surface area contributed by atoms with Gasteiger partial charge in [-0.1, -0.05) is 19.6 Å². The van der Waals surface area contributed by atoms with Gasteiger partial charge in [0.15, 0.2) is 11.5 Å². The molecule has 3 aromatic heterocycles. The number of ether oxygens (including phenoxy) is 2. The number of aromatic nitrogens is 5. The van der Waals surface area contributed by atoms with E-state index in [0.717, 1.165) is 36.0 Å². The largest absolute Gasteiger partial charge is 0.386 e. The van der Waals surface area contributed by atoms with E-state index in [2.05, 4.69) is 41.7 Å². The molecule has 4 heterocycles. The first-order chi connectivity index (χ1) is 15.5. The monoisotopic (exact) mass is 472 g/mol. The fourth-order valence-electron chi connectivity index (χ4n) is 3.95. The minimum absolute atomic E-state index is 0.197. The highest BCUT2D eigenvalue weighted by Crippen LogP contribution is 2.32. The lowest BCUT2D eigenvalue weighted by Gasteiger charge is -2.35. The van der Waals surface area contributed by atoms with Crippen LogP contribution in [0.15, 0.2) is 24.5 Å². The van der Waals surface area contributed by atoms with Crippen LogP contribution in [0.25, 0.3) is 16.9 Å². The van der Waals surface area contributed by atoms with E-state index in [9.17, 15) is 5.11 Å². The molecule has 1 N–H and O–H groups in total. The number of anilines is 1. The van der Waals surface area contributed by atoms with Crippen molar-refractivity contribution >= 4 is 24.9 Å². The number of nitrogens with zero attached hydrogens (tertiary/aromatic N) is 6. The van der Waals surface area contributed by atoms with Gasteiger partial charge in [0, 0.05) is 38.9 Å². The van der Waals surface area contributed by atoms with E-state index >= 15 is 0 Å². The summed E-state index contributed by atoms with van der Waals surface area (Å²) in [6.45, 7) is 15.9. The third-order valence-electron chi connectivity index (χ3n) is 5.91. The molecule has 180 valence electrons. The maximum Gasteiger partial charge on any atom is 0.177 e. The van der Waals surface area contributed by atoms with E-state index in [-0.39, 0.29) is 6.04 Å². The van der Waals surface area contributed by atoms with Gasteiger partial charge in [-0.05, 0) is 38.4 Å². The predicted molar refractivity (Wildman–Crippen MR) is 132 cm³/mol. The fourth-order valence-corrected chi connectivity index (χ4v) is 4.70. The van der Waals surface area contributed by atoms with Gasteiger partial charge in [0.2, 0.25) is 0 Å². The average Bonchev–Trinajstić information content (AvgIpc) is 3.36. The van der Waals surface area contributed by atoms with E-state index < -0.39 is 13.7 Å². The molecule has 1 fully saturated rings. The first-order valence-corrected chi connectivity index (χ1v) is 15.3. The van der Waals surface area contributed by atoms with E-state index in [0.29, 0.717) is 31.4 Å². The first-order valence-electron chi connectivity index (χ1n) is 11.6. The Labute approximate surface area is 196 Å². The van der Waals surface area contributed by atoms with Crippen LogP contribution in [0, 0.1) is 0 Å². The summed E-state index contributed by atoms with van der Waals surface area (Å²) >= 11 is 0. The maximum atomic E-state index is 10.9. The molecule has 1 atom stereocenters. The third kappa shape index (κ3) is 5.45. The van der Waals surface area contributed by atoms with Crippen LogP contribution in [-0.4, -0.2) is 70.1 Å². The van der Waals surface area contributed by atoms with E-state index in [1.165, 1.54) is 0 Å². The van der Waals surface area contributed by atoms with Gasteiger partial charge in [0.25, 0.3) is 0 Å². The second-order valence-electron chi connectivity index (χ2n) is 10.6. The summed E-state index contributed by atoms with van der Waals surface area (Å²) in [5.41, 5.74) is 0.429. The molecule has 3 aromatic rings. The second kappa shape index (κ2) is 9.17. The van der Waals surface area contributed by atoms with Gasteiger partial charge in [0.1, 0.15) is 12.5 Å². The average molecular weight is 473 g/mol. The Kier molecular flexibility index (Phi) is 6.63. The number of rotatable bonds is 8. The van der Waals surface area contributed by atoms with E-state index in [4.69, 9.17) is 14.5 Å². The van der Waals surface area contributed by atoms with Crippen molar-refractivity contribution in [2.45, 2.75) is 64.8 Å². The zero-order valence-electron chi connectivity index (χ0n) is 20.6. The highest BCUT2D eigenvalue weighted by molar-refractivity contribution is 6.76. The Bertz CT molecular complexity index is 1100. The molecule has 1 unspecified atom stereocenters. The number of hydrogen-bond donors (Lipinski definition) is 1. The molecule has 0 radical (unpaired) electrons. The minimum atomic E-state index is -1.12. The fraction of sp³-hybridized carbons (Fsp3) is 0.609. The molecule has 0 saturated carbocycles. The van der Waals surface area contributed by atoms with Crippen LogP contribution in [0.5, 0.6) is 0 Å². The van der Waals surface area contributed by atoms with Crippen LogP contribution in [0.2, 0.25) is 25.7 Å². The first kappa shape index (κ1) is 23.9. The zero-order valence-corrected chi connectivity index (χ0v) is 21.6. The van der Waals surface area contributed by atoms with Gasteiger partial charge < -0.3 is 19.5 Å². The summed E-state index contributed by atoms with van der Waals surface area (Å²) in [5, 5.41) is 20.9. The van der Waals surface area contributed by atoms with Crippen LogP contribution in [0.3, 0.4) is 0 Å². The number of fused-ring (bicyclic) bond motifs is 1. The van der Waals surface area contributed by atoms with Gasteiger partial charge in [-0.3, -0.25) is 0 Å². The molecule has 33 heavy (non-hydrogen) atoms. The van der Waals surface area contributed by atoms with E-state index in [1.807, 2.05) is 18.3 Å². The topological polar surface area (TPSA) is 90.5 Å². The second-order valence-corrected chi connectivity index (χ2v) is 16.2. The lowest BCUT2D eigenvalue weighted by molar-refractivity contribution is 0.0785. The van der Waals surface area contributed by atoms with Crippen LogP contribution in [0.4, 0.5) is 5.82 Å². The van der Waals surface area contributed by atoms with Gasteiger partial charge >= 0.3 is 0 Å². The molecule has 4 rings (SSSR count). The molecule has 0 amide bonds. The maximum absolute atomic E-state index is 10.9. The Balaban J connectivity index is 1.65. The Morgan fingerprint density at radius 1 is 1.27 bits per heavy atom. The molecule has 10 heteroatoms. The number of pyridine rings is 1. The lowest BCUT2D eigenvalue weighted by atomic mass is 9.96. The Morgan fingerprint density at radius 3 is 2.76 bits per heavy atom. The van der Waals surface area contributed by atoms with Crippen molar-refractivity contribution in [3.05, 3.63) is 30.1 Å². The van der Waals surface area contributed by atoms with Crippen molar-refractivity contribution in [2.75, 3.05) is 31.3 Å². The zero-order chi connectivity index (χ0) is 23.8. The quantitative estimate of drug-likeness (QED) is 0.397. The summed E-state index contributed by atoms with van der Waals surface area (Å²) in [4.78, 5) is 7.18. The highest BCUT2D eigenvalue weighted by atomic mass is 28.3. The van der Waals surface area contributed by atoms with Crippen LogP contribution in [-0.2, 0) is 21.8 Å². The van der Waals surface area contributed by atoms with Gasteiger partial charge in [-0.15, -0.1) is 0 Å². The SMILES string of the molecule is CC1COCCN1c1cc(C(C)(C)O)c2cnn(-c3ccn(COCC[Si](C)(C)C)n3)c2n1. The van der Waals surface area contributed by atoms with Crippen molar-refractivity contribution in [3.8, 4) is 5.82 Å². The molecular weight excluding hydrogens is 436 g/mol. The normalized spacial score (nSPS) is 17.8. The summed E-state index contributed by atoms with van der Waals surface area (Å²) in [6.07, 6.45) is 3.65. The molecule has 1 aliphatic heterocycles. The molecule has 0 aliphatic carbocycles. The van der Waals surface area contributed by atoms with Crippen molar-refractivity contribution in [1.82, 2.24) is 24.5 Å². The Hall–Kier alpha value is -2.27. The van der Waals surface area contributed by atoms with Gasteiger partial charge in [0.05, 0.1) is 31.1 Å². The molecule has 1 aliphatic rings. The third-order valence-corrected chi connectivity index (χ3v) is 7.62. The predicted octanol–water partition coefficient (Wildman–Crippen LogP) is 3.38. The standard InChI is InChI=1S/C23H36N6O3Si/c1-17-15-31-10-9-28(17)21-13-19(23(2,3)30)18-14-24-29(22(18)25-21)20-7-8-27(26-20)16-32-11-12-33(4,5)6/h7-8,13-14,17,30H,9-12,15-16H2,1-6H3. The van der Waals surface area contributed by atoms with Crippen molar-refractivity contribution in [2.24, 2.45) is 0 Å². The van der Waals surface area contributed by atoms with Crippen molar-refractivity contribution < 1.29 is 14.6 Å². The molecule has 9 nitrogen and oxygen atoms in total. The lowest BCUT2D eigenvalue weighted by Crippen LogP contribution is -2.44. The molecule has 1 saturated heterocycles. The van der Waals surface area contributed by atoms with Crippen molar-refractivity contribution in [1.29, 1.82) is 0 Å². The number of aliphatic hydroxyl groups is 1. The van der Waals surface area contributed by atoms with Gasteiger partial charge in [-0.2, -0.15) is 14.9 Å². The van der Waals surface area contributed by atoms with Crippen molar-refractivity contribution in [3.63, 3.8) is 0 Å². The molecule has 0 aromatic carbocycles. The molecule has 0 bridgehead atoms. The molecule has 0 spiro atoms. The number of morpholine rings is 1. The molecular formula is C23H36N6O3Si. The van der Waals surface area contributed by atoms with Crippen LogP contribution in [0.1, 0.15) is 26.3 Å².